The fraction of sp³-hybridized carbons (Fsp3) is 0.550. The summed E-state index contributed by atoms with van der Waals surface area (Å²) in [5.74, 6) is 1.26. The summed E-state index contributed by atoms with van der Waals surface area (Å²) in [5, 5.41) is 8.85. The number of fused-ring (bicyclic) bond motifs is 2. The third-order valence-electron chi connectivity index (χ3n) is 5.53. The van der Waals surface area contributed by atoms with E-state index in [4.69, 9.17) is 0 Å². The average Bonchev–Trinajstić information content (AvgIpc) is 3.28. The van der Waals surface area contributed by atoms with Gasteiger partial charge < -0.3 is 5.32 Å². The SMILES string of the molecule is CCCC1CCc2nc(NC(=O)Cc3c(C)nc4nc(SC)nn4c3C)sc2C1. The van der Waals surface area contributed by atoms with Crippen LogP contribution in [0.1, 0.15) is 53.7 Å². The molecule has 0 saturated carbocycles. The van der Waals surface area contributed by atoms with Gasteiger partial charge in [0.2, 0.25) is 11.1 Å². The molecule has 1 atom stereocenters. The number of thiazole rings is 1. The molecule has 1 aliphatic rings. The van der Waals surface area contributed by atoms with E-state index in [1.54, 1.807) is 15.9 Å². The molecule has 29 heavy (non-hydrogen) atoms. The first-order valence-electron chi connectivity index (χ1n) is 10.0. The lowest BCUT2D eigenvalue weighted by Gasteiger charge is -2.19. The largest absolute Gasteiger partial charge is 0.302 e. The molecule has 0 fully saturated rings. The monoisotopic (exact) mass is 430 g/mol. The number of hydrogen-bond donors (Lipinski definition) is 1. The summed E-state index contributed by atoms with van der Waals surface area (Å²) in [6.07, 6.45) is 8.01. The van der Waals surface area contributed by atoms with Crippen molar-refractivity contribution in [2.45, 2.75) is 64.5 Å². The predicted octanol–water partition coefficient (Wildman–Crippen LogP) is 4.01. The number of aromatic nitrogens is 5. The standard InChI is InChI=1S/C20H26N6OS2/c1-5-6-13-7-8-15-16(9-13)29-19(22-15)23-17(27)10-14-11(2)21-18-24-20(28-4)25-26(18)12(14)3/h13H,5-10H2,1-4H3,(H,22,23,27). The number of carbonyl (C=O) groups is 1. The molecular formula is C20H26N6OS2. The molecular weight excluding hydrogens is 404 g/mol. The highest BCUT2D eigenvalue weighted by Gasteiger charge is 2.23. The van der Waals surface area contributed by atoms with E-state index in [2.05, 4.69) is 32.3 Å². The van der Waals surface area contributed by atoms with Crippen LogP contribution in [-0.2, 0) is 24.1 Å². The van der Waals surface area contributed by atoms with E-state index < -0.39 is 0 Å². The second-order valence-corrected chi connectivity index (χ2v) is 9.44. The van der Waals surface area contributed by atoms with Crippen LogP contribution in [0.25, 0.3) is 5.78 Å². The molecule has 9 heteroatoms. The van der Waals surface area contributed by atoms with Crippen molar-refractivity contribution in [1.29, 1.82) is 0 Å². The van der Waals surface area contributed by atoms with Gasteiger partial charge in [-0.1, -0.05) is 31.5 Å². The van der Waals surface area contributed by atoms with Gasteiger partial charge in [0.05, 0.1) is 12.1 Å². The van der Waals surface area contributed by atoms with Crippen LogP contribution in [0.15, 0.2) is 5.16 Å². The molecule has 154 valence electrons. The Morgan fingerprint density at radius 3 is 2.90 bits per heavy atom. The van der Waals surface area contributed by atoms with Crippen molar-refractivity contribution in [3.05, 3.63) is 27.5 Å². The summed E-state index contributed by atoms with van der Waals surface area (Å²) in [6.45, 7) is 6.11. The molecule has 1 aliphatic carbocycles. The van der Waals surface area contributed by atoms with Gasteiger partial charge in [-0.2, -0.15) is 4.98 Å². The highest BCUT2D eigenvalue weighted by Crippen LogP contribution is 2.34. The van der Waals surface area contributed by atoms with Crippen molar-refractivity contribution in [2.24, 2.45) is 5.92 Å². The summed E-state index contributed by atoms with van der Waals surface area (Å²) >= 11 is 3.11. The fourth-order valence-corrected chi connectivity index (χ4v) is 5.48. The summed E-state index contributed by atoms with van der Waals surface area (Å²) in [4.78, 5) is 27.7. The normalized spacial score (nSPS) is 16.2. The number of anilines is 1. The van der Waals surface area contributed by atoms with E-state index >= 15 is 0 Å². The highest BCUT2D eigenvalue weighted by atomic mass is 32.2. The van der Waals surface area contributed by atoms with Gasteiger partial charge in [-0.3, -0.25) is 4.79 Å². The van der Waals surface area contributed by atoms with Crippen molar-refractivity contribution in [2.75, 3.05) is 11.6 Å². The van der Waals surface area contributed by atoms with Gasteiger partial charge >= 0.3 is 0 Å². The van der Waals surface area contributed by atoms with Crippen molar-refractivity contribution < 1.29 is 4.79 Å². The van der Waals surface area contributed by atoms with E-state index in [-0.39, 0.29) is 12.3 Å². The summed E-state index contributed by atoms with van der Waals surface area (Å²) < 4.78 is 1.72. The first-order valence-corrected chi connectivity index (χ1v) is 12.1. The van der Waals surface area contributed by atoms with Gasteiger partial charge in [0.25, 0.3) is 5.78 Å². The molecule has 1 unspecified atom stereocenters. The number of nitrogens with one attached hydrogen (secondary N) is 1. The molecule has 0 aliphatic heterocycles. The number of aryl methyl sites for hydroxylation is 3. The zero-order chi connectivity index (χ0) is 20.5. The maximum Gasteiger partial charge on any atom is 0.253 e. The van der Waals surface area contributed by atoms with Crippen LogP contribution >= 0.6 is 23.1 Å². The molecule has 4 rings (SSSR count). The van der Waals surface area contributed by atoms with Crippen molar-refractivity contribution in [3.63, 3.8) is 0 Å². The predicted molar refractivity (Wildman–Crippen MR) is 117 cm³/mol. The lowest BCUT2D eigenvalue weighted by atomic mass is 9.88. The third kappa shape index (κ3) is 4.16. The molecule has 0 bridgehead atoms. The van der Waals surface area contributed by atoms with E-state index in [1.807, 2.05) is 20.1 Å². The Morgan fingerprint density at radius 2 is 2.14 bits per heavy atom. The Kier molecular flexibility index (Phi) is 5.87. The van der Waals surface area contributed by atoms with Crippen LogP contribution in [0.5, 0.6) is 0 Å². The molecule has 1 amide bonds. The molecule has 3 aromatic rings. The number of nitrogens with zero attached hydrogens (tertiary/aromatic N) is 5. The quantitative estimate of drug-likeness (QED) is 0.595. The summed E-state index contributed by atoms with van der Waals surface area (Å²) in [6, 6.07) is 0. The lowest BCUT2D eigenvalue weighted by molar-refractivity contribution is -0.115. The van der Waals surface area contributed by atoms with Crippen LogP contribution in [0.4, 0.5) is 5.13 Å². The Bertz CT molecular complexity index is 1060. The van der Waals surface area contributed by atoms with Gasteiger partial charge in [0.1, 0.15) is 0 Å². The molecule has 3 heterocycles. The van der Waals surface area contributed by atoms with E-state index in [9.17, 15) is 4.79 Å². The number of thioether (sulfide) groups is 1. The molecule has 0 radical (unpaired) electrons. The first-order chi connectivity index (χ1) is 14.0. The van der Waals surface area contributed by atoms with Gasteiger partial charge in [0.15, 0.2) is 5.13 Å². The molecule has 0 saturated heterocycles. The summed E-state index contributed by atoms with van der Waals surface area (Å²) in [5.41, 5.74) is 3.76. The minimum absolute atomic E-state index is 0.0706. The molecule has 7 nitrogen and oxygen atoms in total. The van der Waals surface area contributed by atoms with Crippen LogP contribution in [0.2, 0.25) is 0 Å². The maximum absolute atomic E-state index is 12.7. The molecule has 0 aromatic carbocycles. The Labute approximate surface area is 178 Å². The first kappa shape index (κ1) is 20.3. The van der Waals surface area contributed by atoms with Crippen molar-refractivity contribution in [3.8, 4) is 0 Å². The van der Waals surface area contributed by atoms with Crippen molar-refractivity contribution >= 4 is 39.9 Å². The molecule has 0 spiro atoms. The van der Waals surface area contributed by atoms with Gasteiger partial charge in [-0.05, 0) is 45.3 Å². The van der Waals surface area contributed by atoms with Gasteiger partial charge in [-0.15, -0.1) is 16.4 Å². The van der Waals surface area contributed by atoms with Crippen LogP contribution in [0, 0.1) is 19.8 Å². The minimum Gasteiger partial charge on any atom is -0.302 e. The Morgan fingerprint density at radius 1 is 1.31 bits per heavy atom. The van der Waals surface area contributed by atoms with Crippen LogP contribution in [-0.4, -0.2) is 36.7 Å². The zero-order valence-corrected chi connectivity index (χ0v) is 18.9. The lowest BCUT2D eigenvalue weighted by Crippen LogP contribution is -2.17. The average molecular weight is 431 g/mol. The number of amides is 1. The Hall–Kier alpha value is -2.00. The zero-order valence-electron chi connectivity index (χ0n) is 17.3. The second-order valence-electron chi connectivity index (χ2n) is 7.58. The molecule has 3 aromatic heterocycles. The number of rotatable bonds is 6. The van der Waals surface area contributed by atoms with Gasteiger partial charge in [0, 0.05) is 21.8 Å². The summed E-state index contributed by atoms with van der Waals surface area (Å²) in [7, 11) is 0. The third-order valence-corrected chi connectivity index (χ3v) is 7.11. The van der Waals surface area contributed by atoms with Gasteiger partial charge in [-0.25, -0.2) is 14.5 Å². The maximum atomic E-state index is 12.7. The van der Waals surface area contributed by atoms with Crippen molar-refractivity contribution in [1.82, 2.24) is 24.6 Å². The number of hydrogen-bond acceptors (Lipinski definition) is 7. The topological polar surface area (TPSA) is 85.1 Å². The smallest absolute Gasteiger partial charge is 0.253 e. The van der Waals surface area contributed by atoms with E-state index in [0.717, 1.165) is 35.7 Å². The second kappa shape index (κ2) is 8.39. The highest BCUT2D eigenvalue weighted by molar-refractivity contribution is 7.98. The Balaban J connectivity index is 1.49. The minimum atomic E-state index is -0.0706. The van der Waals surface area contributed by atoms with Crippen LogP contribution in [0.3, 0.4) is 0 Å². The number of carbonyl (C=O) groups excluding carboxylic acids is 1. The van der Waals surface area contributed by atoms with E-state index in [1.165, 1.54) is 41.6 Å². The fourth-order valence-electron chi connectivity index (χ4n) is 4.01. The van der Waals surface area contributed by atoms with E-state index in [0.29, 0.717) is 16.1 Å². The molecule has 1 N–H and O–H groups in total. The van der Waals surface area contributed by atoms with Crippen LogP contribution < -0.4 is 5.32 Å².